The van der Waals surface area contributed by atoms with Crippen LogP contribution in [0.15, 0.2) is 12.3 Å². The first-order valence-electron chi connectivity index (χ1n) is 4.99. The second-order valence-corrected chi connectivity index (χ2v) is 3.79. The number of hydrogen-bond acceptors (Lipinski definition) is 5. The number of nitrogens with one attached hydrogen (secondary N) is 1. The molecule has 1 aromatic rings. The molecule has 84 valence electrons. The monoisotopic (exact) mass is 209 g/mol. The van der Waals surface area contributed by atoms with Crippen molar-refractivity contribution in [3.05, 3.63) is 12.3 Å². The number of nitrogens with two attached hydrogens (primary N) is 2. The van der Waals surface area contributed by atoms with Gasteiger partial charge in [-0.25, -0.2) is 4.98 Å². The van der Waals surface area contributed by atoms with Crippen molar-refractivity contribution in [2.24, 2.45) is 0 Å². The molecule has 1 heterocycles. The lowest BCUT2D eigenvalue weighted by Gasteiger charge is -2.11. The van der Waals surface area contributed by atoms with Gasteiger partial charge in [0.05, 0.1) is 17.6 Å². The van der Waals surface area contributed by atoms with E-state index in [4.69, 9.17) is 11.5 Å². The molecule has 5 heteroatoms. The third-order valence-electron chi connectivity index (χ3n) is 2.01. The van der Waals surface area contributed by atoms with Gasteiger partial charge >= 0.3 is 0 Å². The molecule has 5 N–H and O–H groups in total. The number of nitrogens with zero attached hydrogens (tertiary/aromatic N) is 2. The van der Waals surface area contributed by atoms with Gasteiger partial charge in [-0.1, -0.05) is 0 Å². The highest BCUT2D eigenvalue weighted by Gasteiger charge is 1.99. The Labute approximate surface area is 90.5 Å². The van der Waals surface area contributed by atoms with E-state index in [2.05, 4.69) is 29.3 Å². The van der Waals surface area contributed by atoms with E-state index in [0.29, 0.717) is 17.2 Å². The van der Waals surface area contributed by atoms with E-state index in [1.165, 1.54) is 0 Å². The van der Waals surface area contributed by atoms with E-state index < -0.39 is 0 Å². The topological polar surface area (TPSA) is 80.2 Å². The lowest BCUT2D eigenvalue weighted by molar-refractivity contribution is 0.405. The Morgan fingerprint density at radius 1 is 1.40 bits per heavy atom. The molecule has 0 fully saturated rings. The summed E-state index contributed by atoms with van der Waals surface area (Å²) in [5.74, 6) is 0.711. The Kier molecular flexibility index (Phi) is 4.17. The molecule has 5 nitrogen and oxygen atoms in total. The predicted molar refractivity (Wildman–Crippen MR) is 64.7 cm³/mol. The van der Waals surface area contributed by atoms with Gasteiger partial charge in [-0.3, -0.25) is 0 Å². The molecular formula is C10H19N5. The van der Waals surface area contributed by atoms with E-state index in [1.54, 1.807) is 12.3 Å². The molecule has 15 heavy (non-hydrogen) atoms. The van der Waals surface area contributed by atoms with Gasteiger partial charge < -0.3 is 21.7 Å². The Hall–Kier alpha value is -1.49. The second-order valence-electron chi connectivity index (χ2n) is 3.79. The molecule has 0 saturated carbocycles. The Bertz CT molecular complexity index is 311. The van der Waals surface area contributed by atoms with Gasteiger partial charge in [0.25, 0.3) is 0 Å². The smallest absolute Gasteiger partial charge is 0.149 e. The van der Waals surface area contributed by atoms with Crippen LogP contribution in [0.4, 0.5) is 17.2 Å². The molecule has 0 saturated heterocycles. The zero-order chi connectivity index (χ0) is 11.3. The fraction of sp³-hybridized carbons (Fsp3) is 0.500. The Balaban J connectivity index is 2.37. The maximum absolute atomic E-state index is 5.75. The lowest BCUT2D eigenvalue weighted by Crippen LogP contribution is -2.17. The molecule has 0 amide bonds. The Morgan fingerprint density at radius 3 is 2.73 bits per heavy atom. The van der Waals surface area contributed by atoms with Crippen molar-refractivity contribution in [3.63, 3.8) is 0 Å². The molecule has 0 bridgehead atoms. The minimum Gasteiger partial charge on any atom is -0.397 e. The van der Waals surface area contributed by atoms with Crippen LogP contribution in [0.3, 0.4) is 0 Å². The summed E-state index contributed by atoms with van der Waals surface area (Å²) in [7, 11) is 4.10. The normalized spacial score (nSPS) is 10.6. The third-order valence-corrected chi connectivity index (χ3v) is 2.01. The van der Waals surface area contributed by atoms with Crippen LogP contribution >= 0.6 is 0 Å². The summed E-state index contributed by atoms with van der Waals surface area (Å²) in [5.41, 5.74) is 12.5. The highest BCUT2D eigenvalue weighted by Crippen LogP contribution is 2.16. The summed E-state index contributed by atoms with van der Waals surface area (Å²) in [6, 6.07) is 1.71. The first-order valence-corrected chi connectivity index (χ1v) is 4.99. The van der Waals surface area contributed by atoms with Crippen molar-refractivity contribution < 1.29 is 0 Å². The summed E-state index contributed by atoms with van der Waals surface area (Å²) in [4.78, 5) is 6.26. The van der Waals surface area contributed by atoms with Crippen LogP contribution in [0.5, 0.6) is 0 Å². The average Bonchev–Trinajstić information content (AvgIpc) is 2.14. The molecule has 0 aliphatic rings. The predicted octanol–water partition coefficient (Wildman–Crippen LogP) is 0.610. The molecule has 0 spiro atoms. The van der Waals surface area contributed by atoms with E-state index >= 15 is 0 Å². The van der Waals surface area contributed by atoms with Crippen molar-refractivity contribution >= 4 is 17.2 Å². The first-order chi connectivity index (χ1) is 7.09. The fourth-order valence-electron chi connectivity index (χ4n) is 1.25. The van der Waals surface area contributed by atoms with Gasteiger partial charge in [0.1, 0.15) is 5.82 Å². The molecule has 0 aliphatic carbocycles. The van der Waals surface area contributed by atoms with Gasteiger partial charge in [0.15, 0.2) is 0 Å². The van der Waals surface area contributed by atoms with Gasteiger partial charge in [-0.05, 0) is 33.1 Å². The number of aromatic nitrogens is 1. The average molecular weight is 209 g/mol. The van der Waals surface area contributed by atoms with Crippen LogP contribution in [-0.4, -0.2) is 37.1 Å². The van der Waals surface area contributed by atoms with Crippen LogP contribution in [0.25, 0.3) is 0 Å². The van der Waals surface area contributed by atoms with Crippen LogP contribution in [0, 0.1) is 0 Å². The maximum Gasteiger partial charge on any atom is 0.149 e. The number of rotatable bonds is 5. The highest BCUT2D eigenvalue weighted by atomic mass is 15.1. The molecule has 0 atom stereocenters. The SMILES string of the molecule is CN(C)CCCNc1ncc(N)cc1N. The zero-order valence-corrected chi connectivity index (χ0v) is 9.33. The number of anilines is 3. The van der Waals surface area contributed by atoms with Crippen LogP contribution < -0.4 is 16.8 Å². The van der Waals surface area contributed by atoms with Crippen molar-refractivity contribution in [1.82, 2.24) is 9.88 Å². The second kappa shape index (κ2) is 5.41. The lowest BCUT2D eigenvalue weighted by atomic mass is 10.3. The summed E-state index contributed by atoms with van der Waals surface area (Å²) in [5, 5.41) is 3.18. The van der Waals surface area contributed by atoms with Crippen molar-refractivity contribution in [2.45, 2.75) is 6.42 Å². The maximum atomic E-state index is 5.75. The van der Waals surface area contributed by atoms with E-state index in [0.717, 1.165) is 19.5 Å². The summed E-state index contributed by atoms with van der Waals surface area (Å²) < 4.78 is 0. The summed E-state index contributed by atoms with van der Waals surface area (Å²) >= 11 is 0. The number of pyridine rings is 1. The highest BCUT2D eigenvalue weighted by molar-refractivity contribution is 5.65. The minimum atomic E-state index is 0.589. The van der Waals surface area contributed by atoms with Crippen molar-refractivity contribution in [3.8, 4) is 0 Å². The summed E-state index contributed by atoms with van der Waals surface area (Å²) in [6.07, 6.45) is 2.66. The van der Waals surface area contributed by atoms with Gasteiger partial charge in [0.2, 0.25) is 0 Å². The van der Waals surface area contributed by atoms with Crippen molar-refractivity contribution in [1.29, 1.82) is 0 Å². The van der Waals surface area contributed by atoms with E-state index in [9.17, 15) is 0 Å². The van der Waals surface area contributed by atoms with Gasteiger partial charge in [0, 0.05) is 6.54 Å². The molecule has 0 unspecified atom stereocenters. The fourth-order valence-corrected chi connectivity index (χ4v) is 1.25. The Morgan fingerprint density at radius 2 is 2.13 bits per heavy atom. The van der Waals surface area contributed by atoms with E-state index in [1.807, 2.05) is 0 Å². The quantitative estimate of drug-likeness (QED) is 0.619. The number of hydrogen-bond donors (Lipinski definition) is 3. The number of nitrogen functional groups attached to an aromatic ring is 2. The zero-order valence-electron chi connectivity index (χ0n) is 9.33. The van der Waals surface area contributed by atoms with Crippen LogP contribution in [0.1, 0.15) is 6.42 Å². The molecule has 0 aromatic carbocycles. The largest absolute Gasteiger partial charge is 0.397 e. The standard InChI is InChI=1S/C10H19N5/c1-15(2)5-3-4-13-10-9(12)6-8(11)7-14-10/h6-7H,3-5,11-12H2,1-2H3,(H,13,14). The van der Waals surface area contributed by atoms with Gasteiger partial charge in [-0.2, -0.15) is 0 Å². The van der Waals surface area contributed by atoms with Gasteiger partial charge in [-0.15, -0.1) is 0 Å². The molecule has 1 aromatic heterocycles. The molecule has 0 radical (unpaired) electrons. The van der Waals surface area contributed by atoms with Crippen LogP contribution in [0.2, 0.25) is 0 Å². The molecule has 1 rings (SSSR count). The van der Waals surface area contributed by atoms with E-state index in [-0.39, 0.29) is 0 Å². The minimum absolute atomic E-state index is 0.589. The summed E-state index contributed by atoms with van der Waals surface area (Å²) in [6.45, 7) is 1.90. The van der Waals surface area contributed by atoms with Crippen LogP contribution in [-0.2, 0) is 0 Å². The first kappa shape index (κ1) is 11.6. The van der Waals surface area contributed by atoms with Crippen molar-refractivity contribution in [2.75, 3.05) is 44.0 Å². The molecule has 0 aliphatic heterocycles. The molecular weight excluding hydrogens is 190 g/mol. The third kappa shape index (κ3) is 4.03.